The highest BCUT2D eigenvalue weighted by atomic mass is 16.5. The molecule has 1 aliphatic carbocycles. The van der Waals surface area contributed by atoms with E-state index in [4.69, 9.17) is 9.15 Å². The number of rotatable bonds is 5. The molecule has 1 saturated carbocycles. The molecule has 2 aromatic carbocycles. The predicted molar refractivity (Wildman–Crippen MR) is 115 cm³/mol. The number of hydrogen-bond acceptors (Lipinski definition) is 6. The minimum atomic E-state index is 0.241. The van der Waals surface area contributed by atoms with Crippen LogP contribution in [0.3, 0.4) is 0 Å². The van der Waals surface area contributed by atoms with E-state index in [1.165, 1.54) is 11.3 Å². The summed E-state index contributed by atoms with van der Waals surface area (Å²) < 4.78 is 11.4. The Bertz CT molecular complexity index is 1050. The molecule has 2 atom stereocenters. The third-order valence-electron chi connectivity index (χ3n) is 6.07. The molecule has 0 bridgehead atoms. The molecule has 1 saturated heterocycles. The van der Waals surface area contributed by atoms with Crippen molar-refractivity contribution in [1.29, 1.82) is 5.26 Å². The van der Waals surface area contributed by atoms with Gasteiger partial charge in [0.2, 0.25) is 17.5 Å². The number of piperazine rings is 1. The second-order valence-electron chi connectivity index (χ2n) is 7.85. The second-order valence-corrected chi connectivity index (χ2v) is 7.85. The molecule has 152 valence electrons. The fourth-order valence-electron chi connectivity index (χ4n) is 4.27. The molecule has 2 heterocycles. The van der Waals surface area contributed by atoms with Gasteiger partial charge in [0.1, 0.15) is 11.8 Å². The smallest absolute Gasteiger partial charge is 0.234 e. The lowest BCUT2D eigenvalue weighted by atomic mass is 10.1. The van der Waals surface area contributed by atoms with Gasteiger partial charge in [-0.05, 0) is 42.2 Å². The van der Waals surface area contributed by atoms with E-state index < -0.39 is 0 Å². The summed E-state index contributed by atoms with van der Waals surface area (Å²) in [4.78, 5) is 9.06. The minimum absolute atomic E-state index is 0.241. The van der Waals surface area contributed by atoms with Gasteiger partial charge in [0.05, 0.1) is 7.11 Å². The lowest BCUT2D eigenvalue weighted by Gasteiger charge is -2.35. The molecule has 1 aliphatic heterocycles. The molecule has 6 nitrogen and oxygen atoms in total. The Kier molecular flexibility index (Phi) is 4.80. The zero-order chi connectivity index (χ0) is 20.5. The number of hydrogen-bond donors (Lipinski definition) is 0. The third-order valence-corrected chi connectivity index (χ3v) is 6.07. The van der Waals surface area contributed by atoms with Crippen LogP contribution in [0.2, 0.25) is 0 Å². The number of nitriles is 1. The van der Waals surface area contributed by atoms with Gasteiger partial charge in [-0.1, -0.05) is 30.3 Å². The van der Waals surface area contributed by atoms with Crippen molar-refractivity contribution < 1.29 is 9.15 Å². The summed E-state index contributed by atoms with van der Waals surface area (Å²) in [6.07, 6.45) is 0.999. The summed E-state index contributed by atoms with van der Waals surface area (Å²) in [6, 6.07) is 20.8. The number of para-hydroxylation sites is 1. The molecule has 0 N–H and O–H groups in total. The van der Waals surface area contributed by atoms with Gasteiger partial charge in [-0.3, -0.25) is 0 Å². The van der Waals surface area contributed by atoms with Gasteiger partial charge in [0, 0.05) is 37.8 Å². The maximum Gasteiger partial charge on any atom is 0.234 e. The lowest BCUT2D eigenvalue weighted by molar-refractivity contribution is 0.414. The van der Waals surface area contributed by atoms with E-state index in [0.717, 1.165) is 38.3 Å². The van der Waals surface area contributed by atoms with E-state index in [9.17, 15) is 5.26 Å². The highest BCUT2D eigenvalue weighted by Crippen LogP contribution is 2.55. The van der Waals surface area contributed by atoms with Gasteiger partial charge < -0.3 is 19.0 Å². The van der Waals surface area contributed by atoms with Crippen LogP contribution in [0.1, 0.15) is 35.4 Å². The van der Waals surface area contributed by atoms with Crippen LogP contribution in [0.15, 0.2) is 59.0 Å². The van der Waals surface area contributed by atoms with Crippen molar-refractivity contribution in [3.05, 3.63) is 71.7 Å². The predicted octanol–water partition coefficient (Wildman–Crippen LogP) is 4.15. The first-order valence-electron chi connectivity index (χ1n) is 10.4. The SMILES string of the molecule is COc1ccc(C2CC2c2nc(C#N)c(N3CCN(c4ccccc4)CC3)o2)cc1. The van der Waals surface area contributed by atoms with Crippen molar-refractivity contribution in [3.8, 4) is 11.8 Å². The Morgan fingerprint density at radius 3 is 2.33 bits per heavy atom. The van der Waals surface area contributed by atoms with Crippen molar-refractivity contribution in [2.45, 2.75) is 18.3 Å². The van der Waals surface area contributed by atoms with Gasteiger partial charge in [-0.15, -0.1) is 0 Å². The largest absolute Gasteiger partial charge is 0.497 e. The molecule has 0 spiro atoms. The molecule has 1 aromatic heterocycles. The standard InChI is InChI=1S/C24H24N4O2/c1-29-19-9-7-17(8-10-19)20-15-21(20)23-26-22(16-25)24(30-23)28-13-11-27(12-14-28)18-5-3-2-4-6-18/h2-10,20-21H,11-15H2,1H3. The van der Waals surface area contributed by atoms with Crippen molar-refractivity contribution >= 4 is 11.6 Å². The van der Waals surface area contributed by atoms with E-state index in [2.05, 4.69) is 57.3 Å². The van der Waals surface area contributed by atoms with E-state index >= 15 is 0 Å². The quantitative estimate of drug-likeness (QED) is 0.641. The highest BCUT2D eigenvalue weighted by molar-refractivity contribution is 5.52. The summed E-state index contributed by atoms with van der Waals surface area (Å²) in [5, 5.41) is 9.61. The van der Waals surface area contributed by atoms with Crippen molar-refractivity contribution in [2.75, 3.05) is 43.1 Å². The first-order chi connectivity index (χ1) is 14.8. The topological polar surface area (TPSA) is 65.5 Å². The molecule has 0 amide bonds. The fourth-order valence-corrected chi connectivity index (χ4v) is 4.27. The normalized spacial score (nSPS) is 20.7. The van der Waals surface area contributed by atoms with Crippen LogP contribution in [-0.2, 0) is 0 Å². The average molecular weight is 400 g/mol. The van der Waals surface area contributed by atoms with Crippen molar-refractivity contribution in [1.82, 2.24) is 4.98 Å². The first kappa shape index (κ1) is 18.6. The number of ether oxygens (including phenoxy) is 1. The van der Waals surface area contributed by atoms with Crippen molar-refractivity contribution in [3.63, 3.8) is 0 Å². The van der Waals surface area contributed by atoms with Gasteiger partial charge in [0.15, 0.2) is 0 Å². The van der Waals surface area contributed by atoms with E-state index in [1.54, 1.807) is 7.11 Å². The van der Waals surface area contributed by atoms with E-state index in [1.807, 2.05) is 18.2 Å². The summed E-state index contributed by atoms with van der Waals surface area (Å²) in [5.74, 6) is 2.80. The molecule has 30 heavy (non-hydrogen) atoms. The lowest BCUT2D eigenvalue weighted by Crippen LogP contribution is -2.46. The number of nitrogens with zero attached hydrogens (tertiary/aromatic N) is 4. The Hall–Kier alpha value is -3.46. The number of benzene rings is 2. The van der Waals surface area contributed by atoms with Crippen LogP contribution in [0, 0.1) is 11.3 Å². The van der Waals surface area contributed by atoms with Gasteiger partial charge in [-0.2, -0.15) is 5.26 Å². The van der Waals surface area contributed by atoms with Crippen LogP contribution in [0.4, 0.5) is 11.6 Å². The summed E-state index contributed by atoms with van der Waals surface area (Å²) in [5.41, 5.74) is 2.89. The van der Waals surface area contributed by atoms with E-state index in [0.29, 0.717) is 23.4 Å². The third kappa shape index (κ3) is 3.48. The molecule has 6 heteroatoms. The maximum atomic E-state index is 9.61. The van der Waals surface area contributed by atoms with Crippen LogP contribution in [0.5, 0.6) is 5.75 Å². The molecule has 3 aromatic rings. The van der Waals surface area contributed by atoms with E-state index in [-0.39, 0.29) is 5.92 Å². The Morgan fingerprint density at radius 2 is 1.67 bits per heavy atom. The van der Waals surface area contributed by atoms with Gasteiger partial charge in [-0.25, -0.2) is 4.98 Å². The van der Waals surface area contributed by atoms with Crippen molar-refractivity contribution in [2.24, 2.45) is 0 Å². The summed E-state index contributed by atoms with van der Waals surface area (Å²) >= 11 is 0. The Labute approximate surface area is 176 Å². The Balaban J connectivity index is 1.28. The van der Waals surface area contributed by atoms with Crippen LogP contribution >= 0.6 is 0 Å². The van der Waals surface area contributed by atoms with Crippen LogP contribution < -0.4 is 14.5 Å². The van der Waals surface area contributed by atoms with Gasteiger partial charge >= 0.3 is 0 Å². The van der Waals surface area contributed by atoms with Crippen LogP contribution in [-0.4, -0.2) is 38.3 Å². The molecule has 2 aliphatic rings. The highest BCUT2D eigenvalue weighted by Gasteiger charge is 2.44. The molecule has 2 fully saturated rings. The number of oxazole rings is 1. The minimum Gasteiger partial charge on any atom is -0.497 e. The maximum absolute atomic E-state index is 9.61. The molecular formula is C24H24N4O2. The zero-order valence-corrected chi connectivity index (χ0v) is 17.0. The summed E-state index contributed by atoms with van der Waals surface area (Å²) in [6.45, 7) is 3.40. The molecule has 2 unspecified atom stereocenters. The molecule has 5 rings (SSSR count). The zero-order valence-electron chi connectivity index (χ0n) is 17.0. The second kappa shape index (κ2) is 7.75. The first-order valence-corrected chi connectivity index (χ1v) is 10.4. The van der Waals surface area contributed by atoms with Crippen LogP contribution in [0.25, 0.3) is 0 Å². The molecular weight excluding hydrogens is 376 g/mol. The number of methoxy groups -OCH3 is 1. The Morgan fingerprint density at radius 1 is 0.967 bits per heavy atom. The summed E-state index contributed by atoms with van der Waals surface area (Å²) in [7, 11) is 1.67. The average Bonchev–Trinajstić information content (AvgIpc) is 3.51. The monoisotopic (exact) mass is 400 g/mol. The number of aromatic nitrogens is 1. The number of anilines is 2. The fraction of sp³-hybridized carbons (Fsp3) is 0.333. The van der Waals surface area contributed by atoms with Gasteiger partial charge in [0.25, 0.3) is 0 Å². The molecule has 0 radical (unpaired) electrons.